The van der Waals surface area contributed by atoms with Crippen molar-refractivity contribution in [3.63, 3.8) is 0 Å². The van der Waals surface area contributed by atoms with Gasteiger partial charge >= 0.3 is 0 Å². The Balaban J connectivity index is 1.79. The second kappa shape index (κ2) is 6.48. The van der Waals surface area contributed by atoms with Crippen molar-refractivity contribution in [3.05, 3.63) is 47.6 Å². The quantitative estimate of drug-likeness (QED) is 0.866. The van der Waals surface area contributed by atoms with Gasteiger partial charge in [0.05, 0.1) is 0 Å². The maximum atomic E-state index is 5.09. The number of hydrogen-bond acceptors (Lipinski definition) is 4. The normalized spacial score (nSPS) is 14.3. The molecule has 102 valence electrons. The summed E-state index contributed by atoms with van der Waals surface area (Å²) in [6, 6.07) is 11.0. The Morgan fingerprint density at radius 2 is 1.95 bits per heavy atom. The smallest absolute Gasteiger partial charge is 0.227 e. The van der Waals surface area contributed by atoms with E-state index in [4.69, 9.17) is 4.52 Å². The fourth-order valence-electron chi connectivity index (χ4n) is 2.07. The molecule has 0 fully saturated rings. The molecule has 0 aliphatic rings. The Hall–Kier alpha value is -1.68. The van der Waals surface area contributed by atoms with Gasteiger partial charge in [-0.15, -0.1) is 0 Å². The fraction of sp³-hybridized carbons (Fsp3) is 0.467. The molecular formula is C15H21N3O. The standard InChI is InChI=1S/C15H21N3O/c1-11(14-7-5-4-6-8-14)12(2)16-10-9-15-17-13(3)18-19-15/h4-8,11-12,16H,9-10H2,1-3H3/t11-,12-/m1/s1. The molecule has 1 aromatic heterocycles. The van der Waals surface area contributed by atoms with Crippen LogP contribution in [0.5, 0.6) is 0 Å². The van der Waals surface area contributed by atoms with E-state index in [9.17, 15) is 0 Å². The van der Waals surface area contributed by atoms with E-state index in [1.54, 1.807) is 0 Å². The molecule has 4 heteroatoms. The Bertz CT molecular complexity index is 495. The molecule has 2 rings (SSSR count). The Labute approximate surface area is 114 Å². The zero-order valence-electron chi connectivity index (χ0n) is 11.8. The molecular weight excluding hydrogens is 238 g/mol. The van der Waals surface area contributed by atoms with Crippen LogP contribution in [0.25, 0.3) is 0 Å². The van der Waals surface area contributed by atoms with Crippen molar-refractivity contribution in [2.24, 2.45) is 0 Å². The molecule has 0 unspecified atom stereocenters. The average molecular weight is 259 g/mol. The summed E-state index contributed by atoms with van der Waals surface area (Å²) in [5, 5.41) is 7.29. The lowest BCUT2D eigenvalue weighted by Crippen LogP contribution is -2.32. The Kier molecular flexibility index (Phi) is 4.68. The van der Waals surface area contributed by atoms with E-state index < -0.39 is 0 Å². The number of hydrogen-bond donors (Lipinski definition) is 1. The van der Waals surface area contributed by atoms with Gasteiger partial charge in [0.15, 0.2) is 5.82 Å². The number of nitrogens with one attached hydrogen (secondary N) is 1. The van der Waals surface area contributed by atoms with Crippen molar-refractivity contribution >= 4 is 0 Å². The largest absolute Gasteiger partial charge is 0.339 e. The first-order chi connectivity index (χ1) is 9.16. The Morgan fingerprint density at radius 1 is 1.21 bits per heavy atom. The predicted molar refractivity (Wildman–Crippen MR) is 75.1 cm³/mol. The second-order valence-electron chi connectivity index (χ2n) is 4.93. The zero-order valence-corrected chi connectivity index (χ0v) is 11.8. The van der Waals surface area contributed by atoms with Gasteiger partial charge in [-0.2, -0.15) is 4.98 Å². The highest BCUT2D eigenvalue weighted by Crippen LogP contribution is 2.18. The summed E-state index contributed by atoms with van der Waals surface area (Å²) in [6.45, 7) is 7.13. The predicted octanol–water partition coefficient (Wildman–Crippen LogP) is 2.70. The molecule has 0 saturated carbocycles. The van der Waals surface area contributed by atoms with Crippen molar-refractivity contribution in [2.75, 3.05) is 6.54 Å². The van der Waals surface area contributed by atoms with Crippen LogP contribution < -0.4 is 5.32 Å². The van der Waals surface area contributed by atoms with Crippen LogP contribution in [-0.4, -0.2) is 22.7 Å². The molecule has 0 amide bonds. The zero-order chi connectivity index (χ0) is 13.7. The molecule has 2 aromatic rings. The molecule has 1 N–H and O–H groups in total. The van der Waals surface area contributed by atoms with Crippen molar-refractivity contribution < 1.29 is 4.52 Å². The number of nitrogens with zero attached hydrogens (tertiary/aromatic N) is 2. The minimum Gasteiger partial charge on any atom is -0.339 e. The van der Waals surface area contributed by atoms with Crippen LogP contribution in [-0.2, 0) is 6.42 Å². The van der Waals surface area contributed by atoms with Gasteiger partial charge in [0.1, 0.15) is 0 Å². The molecule has 19 heavy (non-hydrogen) atoms. The summed E-state index contributed by atoms with van der Waals surface area (Å²) in [5.74, 6) is 1.87. The summed E-state index contributed by atoms with van der Waals surface area (Å²) < 4.78 is 5.09. The fourth-order valence-corrected chi connectivity index (χ4v) is 2.07. The summed E-state index contributed by atoms with van der Waals surface area (Å²) in [4.78, 5) is 4.19. The first-order valence-electron chi connectivity index (χ1n) is 6.74. The van der Waals surface area contributed by atoms with Crippen LogP contribution in [0.2, 0.25) is 0 Å². The lowest BCUT2D eigenvalue weighted by atomic mass is 9.94. The van der Waals surface area contributed by atoms with Crippen LogP contribution >= 0.6 is 0 Å². The minimum absolute atomic E-state index is 0.409. The highest BCUT2D eigenvalue weighted by Gasteiger charge is 2.13. The van der Waals surface area contributed by atoms with E-state index in [-0.39, 0.29) is 0 Å². The van der Waals surface area contributed by atoms with Crippen molar-refractivity contribution in [1.29, 1.82) is 0 Å². The van der Waals surface area contributed by atoms with Gasteiger partial charge in [0.2, 0.25) is 5.89 Å². The third kappa shape index (κ3) is 3.89. The first kappa shape index (κ1) is 13.7. The van der Waals surface area contributed by atoms with E-state index in [2.05, 4.69) is 53.6 Å². The third-order valence-electron chi connectivity index (χ3n) is 3.45. The summed E-state index contributed by atoms with van der Waals surface area (Å²) in [5.41, 5.74) is 1.36. The monoisotopic (exact) mass is 259 g/mol. The maximum absolute atomic E-state index is 5.09. The summed E-state index contributed by atoms with van der Waals surface area (Å²) in [6.07, 6.45) is 0.771. The lowest BCUT2D eigenvalue weighted by Gasteiger charge is -2.21. The number of aromatic nitrogens is 2. The summed E-state index contributed by atoms with van der Waals surface area (Å²) >= 11 is 0. The molecule has 4 nitrogen and oxygen atoms in total. The van der Waals surface area contributed by atoms with Crippen molar-refractivity contribution in [1.82, 2.24) is 15.5 Å². The Morgan fingerprint density at radius 3 is 2.58 bits per heavy atom. The lowest BCUT2D eigenvalue weighted by molar-refractivity contribution is 0.367. The SMILES string of the molecule is Cc1noc(CCN[C@H](C)[C@@H](C)c2ccccc2)n1. The van der Waals surface area contributed by atoms with E-state index in [1.807, 2.05) is 13.0 Å². The van der Waals surface area contributed by atoms with Gasteiger partial charge in [-0.05, 0) is 25.3 Å². The van der Waals surface area contributed by atoms with Crippen LogP contribution in [0.1, 0.15) is 37.0 Å². The van der Waals surface area contributed by atoms with Gasteiger partial charge < -0.3 is 9.84 Å². The van der Waals surface area contributed by atoms with E-state index >= 15 is 0 Å². The molecule has 0 bridgehead atoms. The highest BCUT2D eigenvalue weighted by molar-refractivity contribution is 5.20. The third-order valence-corrected chi connectivity index (χ3v) is 3.45. The highest BCUT2D eigenvalue weighted by atomic mass is 16.5. The van der Waals surface area contributed by atoms with Gasteiger partial charge in [0.25, 0.3) is 0 Å². The molecule has 0 radical (unpaired) electrons. The number of benzene rings is 1. The van der Waals surface area contributed by atoms with Crippen LogP contribution in [0, 0.1) is 6.92 Å². The molecule has 0 spiro atoms. The number of aryl methyl sites for hydroxylation is 1. The van der Waals surface area contributed by atoms with Crippen LogP contribution in [0.4, 0.5) is 0 Å². The molecule has 1 heterocycles. The van der Waals surface area contributed by atoms with Gasteiger partial charge in [-0.1, -0.05) is 42.4 Å². The molecule has 0 saturated heterocycles. The maximum Gasteiger partial charge on any atom is 0.227 e. The summed E-state index contributed by atoms with van der Waals surface area (Å²) in [7, 11) is 0. The average Bonchev–Trinajstić information content (AvgIpc) is 2.84. The first-order valence-corrected chi connectivity index (χ1v) is 6.74. The van der Waals surface area contributed by atoms with E-state index in [0.717, 1.165) is 13.0 Å². The van der Waals surface area contributed by atoms with Crippen molar-refractivity contribution in [3.8, 4) is 0 Å². The van der Waals surface area contributed by atoms with Gasteiger partial charge in [-0.3, -0.25) is 0 Å². The van der Waals surface area contributed by atoms with Gasteiger partial charge in [-0.25, -0.2) is 0 Å². The second-order valence-corrected chi connectivity index (χ2v) is 4.93. The molecule has 2 atom stereocenters. The van der Waals surface area contributed by atoms with Crippen LogP contribution in [0.3, 0.4) is 0 Å². The van der Waals surface area contributed by atoms with Crippen LogP contribution in [0.15, 0.2) is 34.9 Å². The van der Waals surface area contributed by atoms with E-state index in [0.29, 0.717) is 23.7 Å². The van der Waals surface area contributed by atoms with E-state index in [1.165, 1.54) is 5.56 Å². The molecule has 1 aromatic carbocycles. The number of rotatable bonds is 6. The van der Waals surface area contributed by atoms with Gasteiger partial charge in [0, 0.05) is 19.0 Å². The topological polar surface area (TPSA) is 51.0 Å². The molecule has 0 aliphatic carbocycles. The minimum atomic E-state index is 0.409. The molecule has 0 aliphatic heterocycles. The van der Waals surface area contributed by atoms with Crippen molar-refractivity contribution in [2.45, 2.75) is 39.2 Å².